The van der Waals surface area contributed by atoms with Gasteiger partial charge < -0.3 is 4.90 Å². The van der Waals surface area contributed by atoms with Crippen molar-refractivity contribution in [2.75, 3.05) is 24.2 Å². The smallest absolute Gasteiger partial charge is 0.175 e. The van der Waals surface area contributed by atoms with E-state index >= 15 is 0 Å². The average molecular weight is 367 g/mol. The third-order valence-corrected chi connectivity index (χ3v) is 6.16. The normalized spacial score (nSPS) is 16.1. The lowest BCUT2D eigenvalue weighted by Gasteiger charge is -2.33. The van der Waals surface area contributed by atoms with Gasteiger partial charge in [-0.3, -0.25) is 0 Å². The number of benzene rings is 1. The zero-order chi connectivity index (χ0) is 18.1. The molecule has 26 heavy (non-hydrogen) atoms. The van der Waals surface area contributed by atoms with E-state index in [1.165, 1.54) is 6.26 Å². The van der Waals surface area contributed by atoms with E-state index in [0.717, 1.165) is 48.3 Å². The highest BCUT2D eigenvalue weighted by Crippen LogP contribution is 2.30. The molecule has 1 aliphatic heterocycles. The summed E-state index contributed by atoms with van der Waals surface area (Å²) >= 11 is 0. The molecule has 6 heteroatoms. The number of rotatable bonds is 3. The molecule has 4 rings (SSSR count). The van der Waals surface area contributed by atoms with Gasteiger partial charge in [0.1, 0.15) is 0 Å². The van der Waals surface area contributed by atoms with Crippen LogP contribution in [-0.4, -0.2) is 37.7 Å². The van der Waals surface area contributed by atoms with Crippen molar-refractivity contribution in [3.05, 3.63) is 60.4 Å². The molecule has 0 radical (unpaired) electrons. The van der Waals surface area contributed by atoms with E-state index in [0.29, 0.717) is 10.8 Å². The quantitative estimate of drug-likeness (QED) is 0.710. The number of hydrogen-bond donors (Lipinski definition) is 0. The molecular weight excluding hydrogens is 346 g/mol. The molecule has 0 spiro atoms. The molecule has 1 fully saturated rings. The Morgan fingerprint density at radius 3 is 2.42 bits per heavy atom. The Morgan fingerprint density at radius 1 is 1.00 bits per heavy atom. The van der Waals surface area contributed by atoms with Gasteiger partial charge in [0.05, 0.1) is 4.90 Å². The fourth-order valence-electron chi connectivity index (χ4n) is 3.53. The number of piperidine rings is 1. The predicted molar refractivity (Wildman–Crippen MR) is 103 cm³/mol. The second-order valence-corrected chi connectivity index (χ2v) is 8.83. The third kappa shape index (κ3) is 3.42. The second kappa shape index (κ2) is 6.68. The van der Waals surface area contributed by atoms with Crippen molar-refractivity contribution in [1.29, 1.82) is 0 Å². The minimum Gasteiger partial charge on any atom is -0.371 e. The van der Waals surface area contributed by atoms with E-state index in [-0.39, 0.29) is 0 Å². The molecule has 0 saturated carbocycles. The molecule has 1 saturated heterocycles. The fraction of sp³-hybridized carbons (Fsp3) is 0.300. The largest absolute Gasteiger partial charge is 0.371 e. The van der Waals surface area contributed by atoms with Crippen LogP contribution in [0.15, 0.2) is 59.6 Å². The van der Waals surface area contributed by atoms with Gasteiger partial charge in [-0.05, 0) is 61.4 Å². The molecular formula is C20H21N3O2S. The van der Waals surface area contributed by atoms with Gasteiger partial charge in [0.2, 0.25) is 0 Å². The Morgan fingerprint density at radius 2 is 1.73 bits per heavy atom. The Bertz CT molecular complexity index is 1020. The number of aromatic nitrogens is 2. The van der Waals surface area contributed by atoms with Gasteiger partial charge in [0, 0.05) is 48.2 Å². The van der Waals surface area contributed by atoms with Crippen molar-refractivity contribution in [1.82, 2.24) is 9.97 Å². The summed E-state index contributed by atoms with van der Waals surface area (Å²) in [6.45, 7) is 1.87. The van der Waals surface area contributed by atoms with E-state index < -0.39 is 9.84 Å². The van der Waals surface area contributed by atoms with Crippen LogP contribution in [0.1, 0.15) is 24.5 Å². The first-order valence-corrected chi connectivity index (χ1v) is 10.7. The van der Waals surface area contributed by atoms with Crippen molar-refractivity contribution in [3.8, 4) is 0 Å². The van der Waals surface area contributed by atoms with Crippen LogP contribution in [0.2, 0.25) is 0 Å². The Balaban J connectivity index is 1.46. The minimum atomic E-state index is -3.15. The van der Waals surface area contributed by atoms with Gasteiger partial charge in [-0.15, -0.1) is 0 Å². The highest BCUT2D eigenvalue weighted by Gasteiger charge is 2.22. The maximum atomic E-state index is 11.6. The molecule has 134 valence electrons. The summed E-state index contributed by atoms with van der Waals surface area (Å²) in [6, 6.07) is 15.3. The highest BCUT2D eigenvalue weighted by molar-refractivity contribution is 7.90. The molecule has 1 aliphatic rings. The maximum absolute atomic E-state index is 11.6. The van der Waals surface area contributed by atoms with Crippen molar-refractivity contribution >= 4 is 26.6 Å². The standard InChI is InChI=1S/C20H21N3O2S/c1-26(24,25)18-7-5-17(6-8-18)23-13-10-15(11-14-23)19-9-4-16-3-2-12-21-20(16)22-19/h2-9,12,15H,10-11,13-14H2,1H3. The molecule has 0 aliphatic carbocycles. The summed E-state index contributed by atoms with van der Waals surface area (Å²) in [5.41, 5.74) is 3.00. The zero-order valence-electron chi connectivity index (χ0n) is 14.7. The summed E-state index contributed by atoms with van der Waals surface area (Å²) in [5, 5.41) is 1.07. The first kappa shape index (κ1) is 17.0. The first-order chi connectivity index (χ1) is 12.5. The molecule has 0 N–H and O–H groups in total. The van der Waals surface area contributed by atoms with Crippen molar-refractivity contribution < 1.29 is 8.42 Å². The van der Waals surface area contributed by atoms with Crippen molar-refractivity contribution in [3.63, 3.8) is 0 Å². The van der Waals surface area contributed by atoms with Crippen molar-refractivity contribution in [2.45, 2.75) is 23.7 Å². The van der Waals surface area contributed by atoms with E-state index in [9.17, 15) is 8.42 Å². The lowest BCUT2D eigenvalue weighted by molar-refractivity contribution is 0.497. The Kier molecular flexibility index (Phi) is 4.36. The number of fused-ring (bicyclic) bond motifs is 1. The average Bonchev–Trinajstić information content (AvgIpc) is 2.67. The monoisotopic (exact) mass is 367 g/mol. The maximum Gasteiger partial charge on any atom is 0.175 e. The Hall–Kier alpha value is -2.47. The van der Waals surface area contributed by atoms with Gasteiger partial charge in [-0.2, -0.15) is 0 Å². The first-order valence-electron chi connectivity index (χ1n) is 8.77. The van der Waals surface area contributed by atoms with E-state index in [4.69, 9.17) is 4.98 Å². The van der Waals surface area contributed by atoms with E-state index in [1.54, 1.807) is 18.3 Å². The molecule has 3 heterocycles. The van der Waals surface area contributed by atoms with Crippen LogP contribution in [-0.2, 0) is 9.84 Å². The van der Waals surface area contributed by atoms with Crippen LogP contribution in [0.5, 0.6) is 0 Å². The summed E-state index contributed by atoms with van der Waals surface area (Å²) in [7, 11) is -3.15. The Labute approximate surface area is 153 Å². The van der Waals surface area contributed by atoms with E-state index in [2.05, 4.69) is 22.0 Å². The molecule has 5 nitrogen and oxygen atoms in total. The SMILES string of the molecule is CS(=O)(=O)c1ccc(N2CCC(c3ccc4cccnc4n3)CC2)cc1. The topological polar surface area (TPSA) is 63.2 Å². The molecule has 0 atom stereocenters. The van der Waals surface area contributed by atoms with Crippen LogP contribution in [0.4, 0.5) is 5.69 Å². The van der Waals surface area contributed by atoms with Crippen LogP contribution >= 0.6 is 0 Å². The van der Waals surface area contributed by atoms with Crippen LogP contribution in [0.3, 0.4) is 0 Å². The van der Waals surface area contributed by atoms with Gasteiger partial charge >= 0.3 is 0 Å². The second-order valence-electron chi connectivity index (χ2n) is 6.81. The van der Waals surface area contributed by atoms with E-state index in [1.807, 2.05) is 24.3 Å². The summed E-state index contributed by atoms with van der Waals surface area (Å²) in [6.07, 6.45) is 5.07. The predicted octanol–water partition coefficient (Wildman–Crippen LogP) is 3.42. The summed E-state index contributed by atoms with van der Waals surface area (Å²) in [5.74, 6) is 0.438. The minimum absolute atomic E-state index is 0.365. The van der Waals surface area contributed by atoms with Crippen LogP contribution in [0.25, 0.3) is 11.0 Å². The number of nitrogens with zero attached hydrogens (tertiary/aromatic N) is 3. The highest BCUT2D eigenvalue weighted by atomic mass is 32.2. The molecule has 2 aromatic heterocycles. The van der Waals surface area contributed by atoms with Gasteiger partial charge in [-0.1, -0.05) is 0 Å². The molecule has 0 unspecified atom stereocenters. The zero-order valence-corrected chi connectivity index (χ0v) is 15.5. The lowest BCUT2D eigenvalue weighted by atomic mass is 9.92. The lowest BCUT2D eigenvalue weighted by Crippen LogP contribution is -2.33. The van der Waals surface area contributed by atoms with Crippen molar-refractivity contribution in [2.24, 2.45) is 0 Å². The molecule has 1 aromatic carbocycles. The van der Waals surface area contributed by atoms with Gasteiger partial charge in [0.15, 0.2) is 15.5 Å². The van der Waals surface area contributed by atoms with Gasteiger partial charge in [0.25, 0.3) is 0 Å². The molecule has 0 bridgehead atoms. The summed E-state index contributed by atoms with van der Waals surface area (Å²) < 4.78 is 23.2. The number of hydrogen-bond acceptors (Lipinski definition) is 5. The number of sulfone groups is 1. The third-order valence-electron chi connectivity index (χ3n) is 5.03. The summed E-state index contributed by atoms with van der Waals surface area (Å²) in [4.78, 5) is 11.8. The fourth-order valence-corrected chi connectivity index (χ4v) is 4.16. The number of pyridine rings is 2. The van der Waals surface area contributed by atoms with Gasteiger partial charge in [-0.25, -0.2) is 18.4 Å². The molecule has 0 amide bonds. The van der Waals surface area contributed by atoms with Crippen LogP contribution < -0.4 is 4.90 Å². The molecule has 3 aromatic rings. The van der Waals surface area contributed by atoms with Crippen LogP contribution in [0, 0.1) is 0 Å². The number of anilines is 1.